The molecule has 0 saturated carbocycles. The zero-order valence-corrected chi connectivity index (χ0v) is 17.4. The Morgan fingerprint density at radius 1 is 0.688 bits per heavy atom. The van der Waals surface area contributed by atoms with Crippen LogP contribution in [-0.4, -0.2) is 18.1 Å². The number of carbonyl (C=O) groups excluding carboxylic acids is 3. The molecule has 0 unspecified atom stereocenters. The maximum Gasteiger partial charge on any atom is 0.521 e. The number of benzene rings is 3. The smallest absolute Gasteiger partial charge is 0.423 e. The third kappa shape index (κ3) is 5.79. The highest BCUT2D eigenvalue weighted by Crippen LogP contribution is 2.27. The predicted molar refractivity (Wildman–Crippen MR) is 120 cm³/mol. The molecule has 0 N–H and O–H groups in total. The highest BCUT2D eigenvalue weighted by molar-refractivity contribution is 5.93. The summed E-state index contributed by atoms with van der Waals surface area (Å²) in [5.74, 6) is -0.637. The topological polar surface area (TPSA) is 78.9 Å². The molecule has 32 heavy (non-hydrogen) atoms. The van der Waals surface area contributed by atoms with Gasteiger partial charge in [0.05, 0.1) is 0 Å². The minimum Gasteiger partial charge on any atom is -0.423 e. The van der Waals surface area contributed by atoms with Gasteiger partial charge in [-0.2, -0.15) is 0 Å². The lowest BCUT2D eigenvalue weighted by Crippen LogP contribution is -2.16. The summed E-state index contributed by atoms with van der Waals surface area (Å²) in [6, 6.07) is 21.9. The summed E-state index contributed by atoms with van der Waals surface area (Å²) < 4.78 is 14.6. The van der Waals surface area contributed by atoms with Crippen LogP contribution in [0.3, 0.4) is 0 Å². The third-order valence-electron chi connectivity index (χ3n) is 4.37. The van der Waals surface area contributed by atoms with E-state index >= 15 is 0 Å². The summed E-state index contributed by atoms with van der Waals surface area (Å²) in [4.78, 5) is 34.2. The van der Waals surface area contributed by atoms with Crippen LogP contribution in [0.4, 0.5) is 4.79 Å². The second-order valence-corrected chi connectivity index (χ2v) is 6.77. The lowest BCUT2D eigenvalue weighted by molar-refractivity contribution is -0.134. The van der Waals surface area contributed by atoms with Crippen molar-refractivity contribution in [3.05, 3.63) is 97.6 Å². The molecule has 0 spiro atoms. The molecule has 3 rings (SSSR count). The quantitative estimate of drug-likeness (QED) is 0.164. The van der Waals surface area contributed by atoms with Crippen molar-refractivity contribution >= 4 is 18.1 Å². The Labute approximate surface area is 185 Å². The van der Waals surface area contributed by atoms with Crippen LogP contribution < -0.4 is 9.47 Å². The van der Waals surface area contributed by atoms with Crippen LogP contribution in [0.2, 0.25) is 0 Å². The summed E-state index contributed by atoms with van der Waals surface area (Å²) >= 11 is 0. The predicted octanol–water partition coefficient (Wildman–Crippen LogP) is 5.73. The van der Waals surface area contributed by atoms with Crippen molar-refractivity contribution in [3.63, 3.8) is 0 Å². The average Bonchev–Trinajstić information content (AvgIpc) is 2.80. The Bertz CT molecular complexity index is 1160. The highest BCUT2D eigenvalue weighted by atomic mass is 16.7. The Morgan fingerprint density at radius 2 is 1.06 bits per heavy atom. The van der Waals surface area contributed by atoms with Crippen LogP contribution in [0.5, 0.6) is 11.5 Å². The van der Waals surface area contributed by atoms with E-state index in [1.165, 1.54) is 6.92 Å². The van der Waals surface area contributed by atoms with Gasteiger partial charge in [0.15, 0.2) is 0 Å². The first kappa shape index (κ1) is 22.2. The molecular weight excluding hydrogens is 408 g/mol. The molecule has 0 heterocycles. The van der Waals surface area contributed by atoms with Gasteiger partial charge in [-0.25, -0.2) is 14.4 Å². The van der Waals surface area contributed by atoms with E-state index in [2.05, 4.69) is 17.9 Å². The molecule has 0 aliphatic heterocycles. The Kier molecular flexibility index (Phi) is 6.98. The van der Waals surface area contributed by atoms with Gasteiger partial charge in [-0.3, -0.25) is 0 Å². The first-order valence-corrected chi connectivity index (χ1v) is 9.60. The Balaban J connectivity index is 1.65. The summed E-state index contributed by atoms with van der Waals surface area (Å²) in [5.41, 5.74) is 3.97. The molecule has 0 aliphatic rings. The zero-order valence-electron chi connectivity index (χ0n) is 17.4. The van der Waals surface area contributed by atoms with Crippen molar-refractivity contribution in [2.24, 2.45) is 0 Å². The van der Waals surface area contributed by atoms with Gasteiger partial charge in [-0.05, 0) is 53.4 Å². The van der Waals surface area contributed by atoms with E-state index < -0.39 is 18.1 Å². The minimum atomic E-state index is -1.11. The molecule has 6 heteroatoms. The number of carbonyl (C=O) groups is 3. The molecule has 0 radical (unpaired) electrons. The molecular formula is C26H20O6. The highest BCUT2D eigenvalue weighted by Gasteiger charge is 2.13. The Morgan fingerprint density at radius 3 is 1.44 bits per heavy atom. The van der Waals surface area contributed by atoms with Gasteiger partial charge in [0.2, 0.25) is 0 Å². The molecule has 0 aromatic heterocycles. The molecule has 160 valence electrons. The van der Waals surface area contributed by atoms with E-state index in [4.69, 9.17) is 9.47 Å². The first-order valence-electron chi connectivity index (χ1n) is 9.60. The number of ether oxygens (including phenoxy) is 3. The molecule has 0 aliphatic carbocycles. The van der Waals surface area contributed by atoms with Crippen molar-refractivity contribution in [3.8, 4) is 33.8 Å². The average molecular weight is 428 g/mol. The number of hydrogen-bond acceptors (Lipinski definition) is 6. The number of esters is 2. The van der Waals surface area contributed by atoms with Gasteiger partial charge < -0.3 is 14.2 Å². The number of hydrogen-bond donors (Lipinski definition) is 0. The molecule has 0 fully saturated rings. The maximum atomic E-state index is 11.6. The standard InChI is InChI=1S/C26H20O6/c1-4-24(27)30-22-13-9-20(10-14-22)18-5-7-19(8-6-18)21-11-15-23(16-12-21)31-26(29)32-25(28)17(2)3/h4-16H,1-2H2,3H3. The lowest BCUT2D eigenvalue weighted by atomic mass is 10.0. The second kappa shape index (κ2) is 10.0. The van der Waals surface area contributed by atoms with Crippen LogP contribution >= 0.6 is 0 Å². The largest absolute Gasteiger partial charge is 0.521 e. The van der Waals surface area contributed by atoms with E-state index in [1.54, 1.807) is 36.4 Å². The van der Waals surface area contributed by atoms with Crippen molar-refractivity contribution in [2.75, 3.05) is 0 Å². The minimum absolute atomic E-state index is 0.104. The van der Waals surface area contributed by atoms with Crippen LogP contribution in [0, 0.1) is 0 Å². The van der Waals surface area contributed by atoms with Gasteiger partial charge >= 0.3 is 18.1 Å². The van der Waals surface area contributed by atoms with Gasteiger partial charge in [0, 0.05) is 11.6 Å². The van der Waals surface area contributed by atoms with E-state index in [0.717, 1.165) is 28.3 Å². The fourth-order valence-corrected chi connectivity index (χ4v) is 2.72. The summed E-state index contributed by atoms with van der Waals surface area (Å²) in [6.07, 6.45) is 0.00197. The van der Waals surface area contributed by atoms with Gasteiger partial charge in [-0.1, -0.05) is 61.7 Å². The number of rotatable bonds is 6. The van der Waals surface area contributed by atoms with E-state index in [-0.39, 0.29) is 11.3 Å². The molecule has 0 bridgehead atoms. The SMILES string of the molecule is C=CC(=O)Oc1ccc(-c2ccc(-c3ccc(OC(=O)OC(=O)C(=C)C)cc3)cc2)cc1. The first-order chi connectivity index (χ1) is 15.4. The van der Waals surface area contributed by atoms with Crippen LogP contribution in [-0.2, 0) is 14.3 Å². The normalized spacial score (nSPS) is 10.0. The van der Waals surface area contributed by atoms with Crippen LogP contribution in [0.1, 0.15) is 6.92 Å². The van der Waals surface area contributed by atoms with Crippen molar-refractivity contribution in [1.82, 2.24) is 0 Å². The summed E-state index contributed by atoms with van der Waals surface area (Å²) in [7, 11) is 0. The van der Waals surface area contributed by atoms with E-state index in [0.29, 0.717) is 5.75 Å². The van der Waals surface area contributed by atoms with Gasteiger partial charge in [-0.15, -0.1) is 0 Å². The van der Waals surface area contributed by atoms with Crippen molar-refractivity contribution in [1.29, 1.82) is 0 Å². The van der Waals surface area contributed by atoms with E-state index in [9.17, 15) is 14.4 Å². The molecule has 3 aromatic carbocycles. The van der Waals surface area contributed by atoms with Crippen molar-refractivity contribution in [2.45, 2.75) is 6.92 Å². The fourth-order valence-electron chi connectivity index (χ4n) is 2.72. The molecule has 0 saturated heterocycles. The molecule has 3 aromatic rings. The van der Waals surface area contributed by atoms with E-state index in [1.807, 2.05) is 36.4 Å². The molecule has 0 amide bonds. The lowest BCUT2D eigenvalue weighted by Gasteiger charge is -2.08. The van der Waals surface area contributed by atoms with Gasteiger partial charge in [0.1, 0.15) is 11.5 Å². The second-order valence-electron chi connectivity index (χ2n) is 6.77. The van der Waals surface area contributed by atoms with Crippen molar-refractivity contribution < 1.29 is 28.6 Å². The molecule has 0 atom stereocenters. The van der Waals surface area contributed by atoms with Gasteiger partial charge in [0.25, 0.3) is 0 Å². The fraction of sp³-hybridized carbons (Fsp3) is 0.0385. The van der Waals surface area contributed by atoms with Crippen LogP contribution in [0.15, 0.2) is 97.6 Å². The zero-order chi connectivity index (χ0) is 23.1. The summed E-state index contributed by atoms with van der Waals surface area (Å²) in [5, 5.41) is 0. The monoisotopic (exact) mass is 428 g/mol. The Hall–Kier alpha value is -4.45. The maximum absolute atomic E-state index is 11.6. The summed E-state index contributed by atoms with van der Waals surface area (Å²) in [6.45, 7) is 8.21. The molecule has 6 nitrogen and oxygen atoms in total. The van der Waals surface area contributed by atoms with Crippen LogP contribution in [0.25, 0.3) is 22.3 Å². The third-order valence-corrected chi connectivity index (χ3v) is 4.37.